The quantitative estimate of drug-likeness (QED) is 0.856. The normalized spacial score (nSPS) is 23.9. The molecule has 98 valence electrons. The van der Waals surface area contributed by atoms with Gasteiger partial charge in [0.2, 0.25) is 6.79 Å². The molecule has 18 heavy (non-hydrogen) atoms. The molecule has 0 aliphatic carbocycles. The SMILES string of the molecule is NC(CC1CCCNC1)c1ccc2c(c1)OCO2. The van der Waals surface area contributed by atoms with Crippen LogP contribution < -0.4 is 20.5 Å². The number of piperidine rings is 1. The summed E-state index contributed by atoms with van der Waals surface area (Å²) in [6.45, 7) is 2.56. The van der Waals surface area contributed by atoms with E-state index >= 15 is 0 Å². The molecule has 3 rings (SSSR count). The summed E-state index contributed by atoms with van der Waals surface area (Å²) < 4.78 is 10.7. The van der Waals surface area contributed by atoms with Gasteiger partial charge in [0.1, 0.15) is 0 Å². The van der Waals surface area contributed by atoms with Gasteiger partial charge in [-0.25, -0.2) is 0 Å². The molecule has 2 unspecified atom stereocenters. The lowest BCUT2D eigenvalue weighted by molar-refractivity contribution is 0.174. The highest BCUT2D eigenvalue weighted by atomic mass is 16.7. The Morgan fingerprint density at radius 1 is 1.33 bits per heavy atom. The number of fused-ring (bicyclic) bond motifs is 1. The fourth-order valence-corrected chi connectivity index (χ4v) is 2.76. The summed E-state index contributed by atoms with van der Waals surface area (Å²) in [7, 11) is 0. The Bertz CT molecular complexity index is 416. The molecule has 2 heterocycles. The molecule has 2 aliphatic rings. The Morgan fingerprint density at radius 3 is 3.06 bits per heavy atom. The molecular formula is C14H20N2O2. The molecular weight excluding hydrogens is 228 g/mol. The van der Waals surface area contributed by atoms with Crippen LogP contribution in [0.25, 0.3) is 0 Å². The molecule has 1 saturated heterocycles. The minimum absolute atomic E-state index is 0.0874. The first-order valence-corrected chi connectivity index (χ1v) is 6.69. The summed E-state index contributed by atoms with van der Waals surface area (Å²) in [6.07, 6.45) is 3.58. The molecule has 1 fully saturated rings. The zero-order chi connectivity index (χ0) is 12.4. The number of benzene rings is 1. The third kappa shape index (κ3) is 2.44. The van der Waals surface area contributed by atoms with Gasteiger partial charge in [0.05, 0.1) is 0 Å². The van der Waals surface area contributed by atoms with E-state index in [9.17, 15) is 0 Å². The third-order valence-corrected chi connectivity index (χ3v) is 3.81. The first-order chi connectivity index (χ1) is 8.83. The second kappa shape index (κ2) is 5.16. The minimum Gasteiger partial charge on any atom is -0.454 e. The molecule has 4 nitrogen and oxygen atoms in total. The Kier molecular flexibility index (Phi) is 3.39. The van der Waals surface area contributed by atoms with Gasteiger partial charge < -0.3 is 20.5 Å². The van der Waals surface area contributed by atoms with Crippen molar-refractivity contribution >= 4 is 0 Å². The van der Waals surface area contributed by atoms with E-state index in [2.05, 4.69) is 11.4 Å². The number of ether oxygens (including phenoxy) is 2. The molecule has 2 aliphatic heterocycles. The highest BCUT2D eigenvalue weighted by molar-refractivity contribution is 5.45. The molecule has 0 radical (unpaired) electrons. The number of rotatable bonds is 3. The lowest BCUT2D eigenvalue weighted by Gasteiger charge is -2.25. The summed E-state index contributed by atoms with van der Waals surface area (Å²) in [4.78, 5) is 0. The average Bonchev–Trinajstić information content (AvgIpc) is 2.87. The standard InChI is InChI=1S/C14H20N2O2/c15-12(6-10-2-1-5-16-8-10)11-3-4-13-14(7-11)18-9-17-13/h3-4,7,10,12,16H,1-2,5-6,8-9,15H2. The van der Waals surface area contributed by atoms with Crippen molar-refractivity contribution < 1.29 is 9.47 Å². The lowest BCUT2D eigenvalue weighted by Crippen LogP contribution is -2.31. The molecule has 0 aromatic heterocycles. The molecule has 3 N–H and O–H groups in total. The van der Waals surface area contributed by atoms with E-state index in [4.69, 9.17) is 15.2 Å². The first-order valence-electron chi connectivity index (χ1n) is 6.69. The second-order valence-corrected chi connectivity index (χ2v) is 5.17. The van der Waals surface area contributed by atoms with Gasteiger partial charge in [-0.15, -0.1) is 0 Å². The summed E-state index contributed by atoms with van der Waals surface area (Å²) >= 11 is 0. The van der Waals surface area contributed by atoms with Crippen molar-refractivity contribution in [2.45, 2.75) is 25.3 Å². The van der Waals surface area contributed by atoms with Crippen molar-refractivity contribution in [3.05, 3.63) is 23.8 Å². The summed E-state index contributed by atoms with van der Waals surface area (Å²) in [5.74, 6) is 2.34. The predicted octanol–water partition coefficient (Wildman–Crippen LogP) is 1.80. The van der Waals surface area contributed by atoms with Crippen LogP contribution in [0.5, 0.6) is 11.5 Å². The predicted molar refractivity (Wildman–Crippen MR) is 69.7 cm³/mol. The van der Waals surface area contributed by atoms with Crippen molar-refractivity contribution in [3.8, 4) is 11.5 Å². The monoisotopic (exact) mass is 248 g/mol. The second-order valence-electron chi connectivity index (χ2n) is 5.17. The van der Waals surface area contributed by atoms with Gasteiger partial charge in [-0.2, -0.15) is 0 Å². The molecule has 4 heteroatoms. The highest BCUT2D eigenvalue weighted by Crippen LogP contribution is 2.35. The van der Waals surface area contributed by atoms with Crippen molar-refractivity contribution in [3.63, 3.8) is 0 Å². The van der Waals surface area contributed by atoms with Gasteiger partial charge in [0.25, 0.3) is 0 Å². The Balaban J connectivity index is 1.66. The van der Waals surface area contributed by atoms with Crippen molar-refractivity contribution in [2.75, 3.05) is 19.9 Å². The molecule has 1 aromatic carbocycles. The number of nitrogens with one attached hydrogen (secondary N) is 1. The Morgan fingerprint density at radius 2 is 2.22 bits per heavy atom. The molecule has 0 bridgehead atoms. The van der Waals surface area contributed by atoms with Crippen LogP contribution in [0.2, 0.25) is 0 Å². The topological polar surface area (TPSA) is 56.5 Å². The summed E-state index contributed by atoms with van der Waals surface area (Å²) in [5.41, 5.74) is 7.44. The Hall–Kier alpha value is -1.26. The third-order valence-electron chi connectivity index (χ3n) is 3.81. The molecule has 0 amide bonds. The van der Waals surface area contributed by atoms with Gasteiger partial charge in [-0.05, 0) is 56.0 Å². The van der Waals surface area contributed by atoms with E-state index in [-0.39, 0.29) is 6.04 Å². The summed E-state index contributed by atoms with van der Waals surface area (Å²) in [6, 6.07) is 6.11. The van der Waals surface area contributed by atoms with E-state index in [1.807, 2.05) is 12.1 Å². The van der Waals surface area contributed by atoms with Crippen LogP contribution in [0.3, 0.4) is 0 Å². The van der Waals surface area contributed by atoms with Gasteiger partial charge in [0, 0.05) is 6.04 Å². The van der Waals surface area contributed by atoms with Crippen LogP contribution in [-0.4, -0.2) is 19.9 Å². The van der Waals surface area contributed by atoms with Gasteiger partial charge >= 0.3 is 0 Å². The van der Waals surface area contributed by atoms with Crippen LogP contribution in [0.15, 0.2) is 18.2 Å². The largest absolute Gasteiger partial charge is 0.454 e. The van der Waals surface area contributed by atoms with Crippen LogP contribution in [0.4, 0.5) is 0 Å². The number of hydrogen-bond donors (Lipinski definition) is 2. The van der Waals surface area contributed by atoms with E-state index in [0.29, 0.717) is 12.7 Å². The Labute approximate surface area is 107 Å². The van der Waals surface area contributed by atoms with Gasteiger partial charge in [-0.1, -0.05) is 6.07 Å². The highest BCUT2D eigenvalue weighted by Gasteiger charge is 2.20. The van der Waals surface area contributed by atoms with Crippen LogP contribution in [0, 0.1) is 5.92 Å². The smallest absolute Gasteiger partial charge is 0.231 e. The van der Waals surface area contributed by atoms with E-state index in [0.717, 1.165) is 36.6 Å². The van der Waals surface area contributed by atoms with E-state index in [1.54, 1.807) is 0 Å². The van der Waals surface area contributed by atoms with Crippen molar-refractivity contribution in [1.82, 2.24) is 5.32 Å². The van der Waals surface area contributed by atoms with Crippen LogP contribution >= 0.6 is 0 Å². The summed E-state index contributed by atoms with van der Waals surface area (Å²) in [5, 5.41) is 3.43. The van der Waals surface area contributed by atoms with E-state index < -0.39 is 0 Å². The van der Waals surface area contributed by atoms with Gasteiger partial charge in [-0.3, -0.25) is 0 Å². The molecule has 1 aromatic rings. The van der Waals surface area contributed by atoms with Crippen LogP contribution in [0.1, 0.15) is 30.9 Å². The first kappa shape index (κ1) is 11.8. The van der Waals surface area contributed by atoms with Gasteiger partial charge in [0.15, 0.2) is 11.5 Å². The molecule has 0 saturated carbocycles. The molecule has 0 spiro atoms. The van der Waals surface area contributed by atoms with Crippen LogP contribution in [-0.2, 0) is 0 Å². The maximum Gasteiger partial charge on any atom is 0.231 e. The fraction of sp³-hybridized carbons (Fsp3) is 0.571. The number of hydrogen-bond acceptors (Lipinski definition) is 4. The average molecular weight is 248 g/mol. The lowest BCUT2D eigenvalue weighted by atomic mass is 9.90. The molecule has 2 atom stereocenters. The maximum atomic E-state index is 6.30. The number of nitrogens with two attached hydrogens (primary N) is 1. The fourth-order valence-electron chi connectivity index (χ4n) is 2.76. The van der Waals surface area contributed by atoms with Crippen molar-refractivity contribution in [2.24, 2.45) is 11.7 Å². The zero-order valence-corrected chi connectivity index (χ0v) is 10.5. The maximum absolute atomic E-state index is 6.30. The van der Waals surface area contributed by atoms with E-state index in [1.165, 1.54) is 12.8 Å². The zero-order valence-electron chi connectivity index (χ0n) is 10.5. The minimum atomic E-state index is 0.0874. The van der Waals surface area contributed by atoms with Crippen molar-refractivity contribution in [1.29, 1.82) is 0 Å².